The van der Waals surface area contributed by atoms with Gasteiger partial charge in [-0.15, -0.1) is 0 Å². The van der Waals surface area contributed by atoms with Crippen molar-refractivity contribution in [1.82, 2.24) is 15.5 Å². The summed E-state index contributed by atoms with van der Waals surface area (Å²) in [6.07, 6.45) is 2.03. The Kier molecular flexibility index (Phi) is 6.61. The van der Waals surface area contributed by atoms with Crippen LogP contribution < -0.4 is 10.6 Å². The second kappa shape index (κ2) is 7.97. The van der Waals surface area contributed by atoms with Crippen LogP contribution >= 0.6 is 0 Å². The lowest BCUT2D eigenvalue weighted by Crippen LogP contribution is -2.50. The number of hydrogen-bond acceptors (Lipinski definition) is 4. The van der Waals surface area contributed by atoms with Gasteiger partial charge in [-0.3, -0.25) is 19.3 Å². The van der Waals surface area contributed by atoms with Crippen LogP contribution in [0.15, 0.2) is 0 Å². The average Bonchev–Trinajstić information content (AvgIpc) is 2.43. The minimum Gasteiger partial charge on any atom is -0.481 e. The predicted molar refractivity (Wildman–Crippen MR) is 77.7 cm³/mol. The number of piperidine rings is 1. The molecule has 1 aliphatic rings. The van der Waals surface area contributed by atoms with Gasteiger partial charge in [0.05, 0.1) is 12.0 Å². The van der Waals surface area contributed by atoms with Crippen LogP contribution in [-0.2, 0) is 14.4 Å². The van der Waals surface area contributed by atoms with Crippen LogP contribution in [0.25, 0.3) is 0 Å². The van der Waals surface area contributed by atoms with Gasteiger partial charge in [0, 0.05) is 26.6 Å². The van der Waals surface area contributed by atoms with Crippen molar-refractivity contribution in [3.63, 3.8) is 0 Å². The van der Waals surface area contributed by atoms with Crippen LogP contribution in [-0.4, -0.2) is 60.5 Å². The Hall–Kier alpha value is -1.63. The van der Waals surface area contributed by atoms with E-state index in [4.69, 9.17) is 0 Å². The third kappa shape index (κ3) is 5.34. The Balaban J connectivity index is 2.38. The molecule has 21 heavy (non-hydrogen) atoms. The Morgan fingerprint density at radius 2 is 1.90 bits per heavy atom. The number of carboxylic acid groups (broad SMARTS) is 1. The highest BCUT2D eigenvalue weighted by Gasteiger charge is 2.40. The van der Waals surface area contributed by atoms with Crippen molar-refractivity contribution >= 4 is 17.8 Å². The molecule has 1 saturated heterocycles. The molecule has 2 amide bonds. The number of likely N-dealkylation sites (tertiary alicyclic amines) is 1. The average molecular weight is 299 g/mol. The molecule has 1 aliphatic heterocycles. The summed E-state index contributed by atoms with van der Waals surface area (Å²) in [5, 5.41) is 14.7. The quantitative estimate of drug-likeness (QED) is 0.566. The van der Waals surface area contributed by atoms with E-state index in [1.165, 1.54) is 6.92 Å². The second-order valence-corrected chi connectivity index (χ2v) is 5.59. The van der Waals surface area contributed by atoms with E-state index >= 15 is 0 Å². The number of nitrogens with zero attached hydrogens (tertiary/aromatic N) is 1. The third-order valence-corrected chi connectivity index (χ3v) is 3.97. The summed E-state index contributed by atoms with van der Waals surface area (Å²) in [6.45, 7) is 5.44. The number of hydrogen-bond donors (Lipinski definition) is 3. The Morgan fingerprint density at radius 3 is 2.48 bits per heavy atom. The molecule has 3 N–H and O–H groups in total. The van der Waals surface area contributed by atoms with Crippen LogP contribution in [0.4, 0.5) is 0 Å². The summed E-state index contributed by atoms with van der Waals surface area (Å²) in [6, 6.07) is 0. The van der Waals surface area contributed by atoms with Gasteiger partial charge in [-0.25, -0.2) is 0 Å². The lowest BCUT2D eigenvalue weighted by Gasteiger charge is -2.39. The highest BCUT2D eigenvalue weighted by Crippen LogP contribution is 2.33. The molecule has 0 aromatic carbocycles. The third-order valence-electron chi connectivity index (χ3n) is 3.97. The normalized spacial score (nSPS) is 22.6. The van der Waals surface area contributed by atoms with Crippen molar-refractivity contribution in [2.75, 3.05) is 32.7 Å². The summed E-state index contributed by atoms with van der Waals surface area (Å²) in [7, 11) is 0. The molecule has 1 fully saturated rings. The van der Waals surface area contributed by atoms with Crippen LogP contribution in [0.2, 0.25) is 0 Å². The molecule has 0 aliphatic carbocycles. The van der Waals surface area contributed by atoms with E-state index < -0.39 is 11.4 Å². The van der Waals surface area contributed by atoms with Gasteiger partial charge in [-0.1, -0.05) is 6.92 Å². The number of carbonyl (C=O) groups is 3. The van der Waals surface area contributed by atoms with Crippen LogP contribution in [0.3, 0.4) is 0 Å². The fraction of sp³-hybridized carbons (Fsp3) is 0.786. The number of carboxylic acids is 1. The Labute approximate surface area is 125 Å². The molecule has 0 aromatic heterocycles. The van der Waals surface area contributed by atoms with E-state index in [0.717, 1.165) is 13.0 Å². The second-order valence-electron chi connectivity index (χ2n) is 5.59. The topological polar surface area (TPSA) is 98.7 Å². The zero-order chi connectivity index (χ0) is 15.9. The first-order chi connectivity index (χ1) is 9.89. The molecule has 0 radical (unpaired) electrons. The zero-order valence-electron chi connectivity index (χ0n) is 12.8. The molecular weight excluding hydrogens is 274 g/mol. The summed E-state index contributed by atoms with van der Waals surface area (Å²) < 4.78 is 0. The van der Waals surface area contributed by atoms with E-state index in [0.29, 0.717) is 32.5 Å². The first kappa shape index (κ1) is 17.4. The minimum absolute atomic E-state index is 0.130. The van der Waals surface area contributed by atoms with Crippen molar-refractivity contribution in [2.24, 2.45) is 5.41 Å². The first-order valence-electron chi connectivity index (χ1n) is 7.36. The van der Waals surface area contributed by atoms with E-state index in [1.54, 1.807) is 0 Å². The van der Waals surface area contributed by atoms with Gasteiger partial charge in [0.15, 0.2) is 0 Å². The van der Waals surface area contributed by atoms with Crippen molar-refractivity contribution < 1.29 is 19.5 Å². The number of carbonyl (C=O) groups excluding carboxylic acids is 2. The van der Waals surface area contributed by atoms with Crippen LogP contribution in [0.1, 0.15) is 33.1 Å². The van der Waals surface area contributed by atoms with Crippen LogP contribution in [0, 0.1) is 5.41 Å². The van der Waals surface area contributed by atoms with Gasteiger partial charge in [-0.05, 0) is 25.8 Å². The summed E-state index contributed by atoms with van der Waals surface area (Å²) in [4.78, 5) is 35.8. The molecule has 1 heterocycles. The summed E-state index contributed by atoms with van der Waals surface area (Å²) in [5.74, 6) is -1.05. The van der Waals surface area contributed by atoms with E-state index in [-0.39, 0.29) is 18.4 Å². The number of nitrogens with one attached hydrogen (secondary N) is 2. The fourth-order valence-corrected chi connectivity index (χ4v) is 2.68. The smallest absolute Gasteiger partial charge is 0.310 e. The Morgan fingerprint density at radius 1 is 1.24 bits per heavy atom. The van der Waals surface area contributed by atoms with E-state index in [2.05, 4.69) is 10.6 Å². The lowest BCUT2D eigenvalue weighted by atomic mass is 9.77. The largest absolute Gasteiger partial charge is 0.481 e. The molecule has 7 heteroatoms. The maximum atomic E-state index is 11.8. The molecule has 0 spiro atoms. The SMILES string of the molecule is CCC1(C(=O)O)CCCN(CC(=O)NCCNC(C)=O)C1. The maximum absolute atomic E-state index is 11.8. The van der Waals surface area contributed by atoms with Gasteiger partial charge >= 0.3 is 5.97 Å². The number of amides is 2. The van der Waals surface area contributed by atoms with Gasteiger partial charge in [0.25, 0.3) is 0 Å². The predicted octanol–water partition coefficient (Wildman–Crippen LogP) is -0.184. The molecular formula is C14H25N3O4. The molecule has 7 nitrogen and oxygen atoms in total. The minimum atomic E-state index is -0.777. The zero-order valence-corrected chi connectivity index (χ0v) is 12.8. The molecule has 0 bridgehead atoms. The van der Waals surface area contributed by atoms with Gasteiger partial charge in [0.1, 0.15) is 0 Å². The van der Waals surface area contributed by atoms with Crippen molar-refractivity contribution in [1.29, 1.82) is 0 Å². The van der Waals surface area contributed by atoms with Gasteiger partial charge in [0.2, 0.25) is 11.8 Å². The van der Waals surface area contributed by atoms with Crippen molar-refractivity contribution in [2.45, 2.75) is 33.1 Å². The molecule has 0 aromatic rings. The standard InChI is InChI=1S/C14H25N3O4/c1-3-14(13(20)21)5-4-8-17(10-14)9-12(19)16-7-6-15-11(2)18/h3-10H2,1-2H3,(H,15,18)(H,16,19)(H,20,21). The molecule has 1 atom stereocenters. The first-order valence-corrected chi connectivity index (χ1v) is 7.36. The fourth-order valence-electron chi connectivity index (χ4n) is 2.68. The molecule has 1 rings (SSSR count). The maximum Gasteiger partial charge on any atom is 0.310 e. The highest BCUT2D eigenvalue weighted by molar-refractivity contribution is 5.79. The summed E-state index contributed by atoms with van der Waals surface area (Å²) in [5.41, 5.74) is -0.727. The molecule has 1 unspecified atom stereocenters. The highest BCUT2D eigenvalue weighted by atomic mass is 16.4. The molecule has 120 valence electrons. The van der Waals surface area contributed by atoms with Crippen molar-refractivity contribution in [3.05, 3.63) is 0 Å². The number of rotatable bonds is 7. The van der Waals surface area contributed by atoms with Gasteiger partial charge < -0.3 is 15.7 Å². The van der Waals surface area contributed by atoms with Crippen molar-refractivity contribution in [3.8, 4) is 0 Å². The number of aliphatic carboxylic acids is 1. The monoisotopic (exact) mass is 299 g/mol. The van der Waals surface area contributed by atoms with Gasteiger partial charge in [-0.2, -0.15) is 0 Å². The van der Waals surface area contributed by atoms with Crippen LogP contribution in [0.5, 0.6) is 0 Å². The summed E-state index contributed by atoms with van der Waals surface area (Å²) >= 11 is 0. The van der Waals surface area contributed by atoms with E-state index in [9.17, 15) is 19.5 Å². The Bertz CT molecular complexity index is 400. The molecule has 0 saturated carbocycles. The van der Waals surface area contributed by atoms with E-state index in [1.807, 2.05) is 11.8 Å². The lowest BCUT2D eigenvalue weighted by molar-refractivity contribution is -0.153.